The van der Waals surface area contributed by atoms with E-state index in [9.17, 15) is 4.79 Å². The monoisotopic (exact) mass is 424 g/mol. The van der Waals surface area contributed by atoms with Gasteiger partial charge in [-0.1, -0.05) is 26.7 Å². The zero-order valence-electron chi connectivity index (χ0n) is 14.3. The van der Waals surface area contributed by atoms with Gasteiger partial charge in [-0.3, -0.25) is 9.79 Å². The Morgan fingerprint density at radius 3 is 2.73 bits per heavy atom. The molecule has 0 aromatic carbocycles. The minimum absolute atomic E-state index is 0. The summed E-state index contributed by atoms with van der Waals surface area (Å²) >= 11 is 0. The number of hydrogen-bond acceptors (Lipinski definition) is 2. The van der Waals surface area contributed by atoms with Crippen LogP contribution in [0.1, 0.15) is 52.4 Å². The molecular formula is C16H33IN4O. The van der Waals surface area contributed by atoms with E-state index in [1.807, 2.05) is 7.05 Å². The van der Waals surface area contributed by atoms with Crippen LogP contribution in [0, 0.1) is 11.8 Å². The van der Waals surface area contributed by atoms with Gasteiger partial charge in [-0.25, -0.2) is 0 Å². The fourth-order valence-electron chi connectivity index (χ4n) is 2.92. The molecule has 1 saturated heterocycles. The van der Waals surface area contributed by atoms with Crippen molar-refractivity contribution in [1.29, 1.82) is 0 Å². The molecule has 6 heteroatoms. The number of nitrogens with zero attached hydrogens (tertiary/aromatic N) is 2. The highest BCUT2D eigenvalue weighted by Crippen LogP contribution is 2.19. The van der Waals surface area contributed by atoms with Crippen LogP contribution in [-0.2, 0) is 4.79 Å². The summed E-state index contributed by atoms with van der Waals surface area (Å²) in [5.74, 6) is 1.92. The quantitative estimate of drug-likeness (QED) is 0.286. The van der Waals surface area contributed by atoms with Crippen molar-refractivity contribution in [2.75, 3.05) is 26.7 Å². The highest BCUT2D eigenvalue weighted by Gasteiger charge is 2.23. The SMILES string of the molecule is CN=C(NCCCCC(C)C)N1CCCC(CC(N)=O)C1.I. The lowest BCUT2D eigenvalue weighted by Crippen LogP contribution is -2.47. The third-order valence-electron chi connectivity index (χ3n) is 4.01. The molecule has 0 bridgehead atoms. The lowest BCUT2D eigenvalue weighted by molar-refractivity contribution is -0.119. The molecule has 0 saturated carbocycles. The summed E-state index contributed by atoms with van der Waals surface area (Å²) in [4.78, 5) is 17.7. The molecule has 1 fully saturated rings. The van der Waals surface area contributed by atoms with E-state index in [1.165, 1.54) is 19.3 Å². The summed E-state index contributed by atoms with van der Waals surface area (Å²) in [5, 5.41) is 3.45. The van der Waals surface area contributed by atoms with Gasteiger partial charge in [0.25, 0.3) is 0 Å². The fraction of sp³-hybridized carbons (Fsp3) is 0.875. The summed E-state index contributed by atoms with van der Waals surface area (Å²) in [6.07, 6.45) is 6.39. The van der Waals surface area contributed by atoms with Crippen LogP contribution in [0.3, 0.4) is 0 Å². The molecule has 3 N–H and O–H groups in total. The van der Waals surface area contributed by atoms with Crippen LogP contribution in [0.4, 0.5) is 0 Å². The topological polar surface area (TPSA) is 70.7 Å². The predicted molar refractivity (Wildman–Crippen MR) is 104 cm³/mol. The average molecular weight is 424 g/mol. The Hall–Kier alpha value is -0.530. The average Bonchev–Trinajstić information content (AvgIpc) is 2.42. The Balaban J connectivity index is 0.00000441. The van der Waals surface area contributed by atoms with Crippen LogP contribution >= 0.6 is 24.0 Å². The minimum atomic E-state index is -0.196. The number of halogens is 1. The first-order valence-corrected chi connectivity index (χ1v) is 8.26. The molecule has 0 radical (unpaired) electrons. The van der Waals surface area contributed by atoms with Crippen LogP contribution < -0.4 is 11.1 Å². The van der Waals surface area contributed by atoms with E-state index < -0.39 is 0 Å². The number of carbonyl (C=O) groups is 1. The molecular weight excluding hydrogens is 391 g/mol. The Labute approximate surface area is 152 Å². The van der Waals surface area contributed by atoms with Gasteiger partial charge in [0.15, 0.2) is 5.96 Å². The highest BCUT2D eigenvalue weighted by molar-refractivity contribution is 14.0. The van der Waals surface area contributed by atoms with Crippen molar-refractivity contribution in [1.82, 2.24) is 10.2 Å². The minimum Gasteiger partial charge on any atom is -0.370 e. The Bertz CT molecular complexity index is 347. The lowest BCUT2D eigenvalue weighted by atomic mass is 9.95. The molecule has 0 spiro atoms. The maximum Gasteiger partial charge on any atom is 0.217 e. The Morgan fingerprint density at radius 1 is 1.41 bits per heavy atom. The molecule has 0 aromatic rings. The van der Waals surface area contributed by atoms with Crippen molar-refractivity contribution in [3.05, 3.63) is 0 Å². The lowest BCUT2D eigenvalue weighted by Gasteiger charge is -2.34. The van der Waals surface area contributed by atoms with Gasteiger partial charge in [-0.2, -0.15) is 0 Å². The number of hydrogen-bond donors (Lipinski definition) is 2. The maximum atomic E-state index is 11.1. The number of amides is 1. The molecule has 0 aromatic heterocycles. The largest absolute Gasteiger partial charge is 0.370 e. The van der Waals surface area contributed by atoms with E-state index in [2.05, 4.69) is 29.1 Å². The second-order valence-corrected chi connectivity index (χ2v) is 6.49. The van der Waals surface area contributed by atoms with Crippen LogP contribution in [-0.4, -0.2) is 43.4 Å². The van der Waals surface area contributed by atoms with Gasteiger partial charge in [0.2, 0.25) is 5.91 Å². The van der Waals surface area contributed by atoms with E-state index in [1.54, 1.807) is 0 Å². The molecule has 1 aliphatic rings. The van der Waals surface area contributed by atoms with Crippen molar-refractivity contribution >= 4 is 35.8 Å². The molecule has 22 heavy (non-hydrogen) atoms. The first kappa shape index (κ1) is 21.5. The highest BCUT2D eigenvalue weighted by atomic mass is 127. The molecule has 5 nitrogen and oxygen atoms in total. The smallest absolute Gasteiger partial charge is 0.217 e. The van der Waals surface area contributed by atoms with E-state index >= 15 is 0 Å². The number of primary amides is 1. The maximum absolute atomic E-state index is 11.1. The third-order valence-corrected chi connectivity index (χ3v) is 4.01. The molecule has 0 aliphatic carbocycles. The van der Waals surface area contributed by atoms with Crippen molar-refractivity contribution in [3.63, 3.8) is 0 Å². The van der Waals surface area contributed by atoms with Crippen LogP contribution in [0.25, 0.3) is 0 Å². The van der Waals surface area contributed by atoms with Crippen LogP contribution in [0.15, 0.2) is 4.99 Å². The number of carbonyl (C=O) groups excluding carboxylic acids is 1. The number of aliphatic imine (C=N–C) groups is 1. The van der Waals surface area contributed by atoms with Gasteiger partial charge >= 0.3 is 0 Å². The first-order valence-electron chi connectivity index (χ1n) is 8.26. The van der Waals surface area contributed by atoms with E-state index in [-0.39, 0.29) is 29.9 Å². The summed E-state index contributed by atoms with van der Waals surface area (Å²) in [6.45, 7) is 7.39. The Kier molecular flexibility index (Phi) is 11.7. The summed E-state index contributed by atoms with van der Waals surface area (Å²) in [7, 11) is 1.83. The van der Waals surface area contributed by atoms with E-state index in [4.69, 9.17) is 5.73 Å². The molecule has 130 valence electrons. The van der Waals surface area contributed by atoms with Gasteiger partial charge in [0.1, 0.15) is 0 Å². The first-order chi connectivity index (χ1) is 10.0. The number of likely N-dealkylation sites (tertiary alicyclic amines) is 1. The number of rotatable bonds is 7. The second-order valence-electron chi connectivity index (χ2n) is 6.49. The predicted octanol–water partition coefficient (Wildman–Crippen LogP) is 2.59. The number of nitrogens with one attached hydrogen (secondary N) is 1. The number of nitrogens with two attached hydrogens (primary N) is 1. The van der Waals surface area contributed by atoms with Crippen molar-refractivity contribution in [2.24, 2.45) is 22.6 Å². The standard InChI is InChI=1S/C16H32N4O.HI/c1-13(2)7-4-5-9-19-16(18-3)20-10-6-8-14(12-20)11-15(17)21;/h13-14H,4-12H2,1-3H3,(H2,17,21)(H,18,19);1H. The number of piperidine rings is 1. The van der Waals surface area contributed by atoms with Gasteiger partial charge in [0, 0.05) is 33.1 Å². The molecule has 1 atom stereocenters. The van der Waals surface area contributed by atoms with Crippen molar-refractivity contribution in [2.45, 2.75) is 52.4 Å². The molecule has 1 aliphatic heterocycles. The van der Waals surface area contributed by atoms with Gasteiger partial charge in [0.05, 0.1) is 0 Å². The zero-order chi connectivity index (χ0) is 15.7. The van der Waals surface area contributed by atoms with Gasteiger partial charge in [-0.05, 0) is 31.1 Å². The molecule has 1 rings (SSSR count). The summed E-state index contributed by atoms with van der Waals surface area (Å²) in [5.41, 5.74) is 5.31. The van der Waals surface area contributed by atoms with Gasteiger partial charge < -0.3 is 16.0 Å². The summed E-state index contributed by atoms with van der Waals surface area (Å²) in [6, 6.07) is 0. The molecule has 1 heterocycles. The zero-order valence-corrected chi connectivity index (χ0v) is 16.6. The summed E-state index contributed by atoms with van der Waals surface area (Å²) < 4.78 is 0. The van der Waals surface area contributed by atoms with Gasteiger partial charge in [-0.15, -0.1) is 24.0 Å². The van der Waals surface area contributed by atoms with Crippen molar-refractivity contribution in [3.8, 4) is 0 Å². The number of guanidine groups is 1. The van der Waals surface area contributed by atoms with E-state index in [0.29, 0.717) is 12.3 Å². The number of unbranched alkanes of at least 4 members (excludes halogenated alkanes) is 1. The third kappa shape index (κ3) is 8.80. The van der Waals surface area contributed by atoms with Crippen LogP contribution in [0.5, 0.6) is 0 Å². The molecule has 1 unspecified atom stereocenters. The second kappa shape index (κ2) is 12.0. The van der Waals surface area contributed by atoms with E-state index in [0.717, 1.165) is 44.4 Å². The molecule has 1 amide bonds. The fourth-order valence-corrected chi connectivity index (χ4v) is 2.92. The normalized spacial score (nSPS) is 19.0. The van der Waals surface area contributed by atoms with Crippen molar-refractivity contribution < 1.29 is 4.79 Å². The van der Waals surface area contributed by atoms with Crippen LogP contribution in [0.2, 0.25) is 0 Å². The Morgan fingerprint density at radius 2 is 2.14 bits per heavy atom.